The van der Waals surface area contributed by atoms with Gasteiger partial charge in [0, 0.05) is 23.6 Å². The van der Waals surface area contributed by atoms with Crippen molar-refractivity contribution in [3.8, 4) is 11.5 Å². The van der Waals surface area contributed by atoms with Gasteiger partial charge in [0.2, 0.25) is 5.95 Å². The normalized spacial score (nSPS) is 14.2. The summed E-state index contributed by atoms with van der Waals surface area (Å²) in [5.74, 6) is 0.956. The first-order valence-electron chi connectivity index (χ1n) is 10.3. The van der Waals surface area contributed by atoms with E-state index in [0.717, 1.165) is 31.9 Å². The molecule has 2 N–H and O–H groups in total. The second-order valence-corrected chi connectivity index (χ2v) is 7.48. The van der Waals surface area contributed by atoms with Crippen LogP contribution in [0.2, 0.25) is 0 Å². The molecule has 0 amide bonds. The van der Waals surface area contributed by atoms with Crippen LogP contribution in [0.1, 0.15) is 31.2 Å². The van der Waals surface area contributed by atoms with E-state index in [2.05, 4.69) is 20.6 Å². The van der Waals surface area contributed by atoms with E-state index < -0.39 is 11.7 Å². The molecule has 1 aliphatic carbocycles. The molecule has 1 heterocycles. The molecule has 168 valence electrons. The fraction of sp³-hybridized carbons (Fsp3) is 0.304. The summed E-state index contributed by atoms with van der Waals surface area (Å²) in [5.41, 5.74) is 0.100. The van der Waals surface area contributed by atoms with Gasteiger partial charge < -0.3 is 20.1 Å². The Hall–Kier alpha value is -3.49. The number of nitrogens with one attached hydrogen (secondary N) is 2. The summed E-state index contributed by atoms with van der Waals surface area (Å²) in [6, 6.07) is 13.8. The van der Waals surface area contributed by atoms with Gasteiger partial charge in [-0.05, 0) is 62.1 Å². The molecule has 0 saturated heterocycles. The molecule has 0 aliphatic heterocycles. The van der Waals surface area contributed by atoms with Gasteiger partial charge in [0.25, 0.3) is 0 Å². The SMILES string of the molecule is COc1ccc(Nc2ncc(C(F)(F)F)c(Nc3cccc(OC4CCCC4)c3)n2)cc1. The predicted octanol–water partition coefficient (Wildman–Crippen LogP) is 6.31. The minimum absolute atomic E-state index is 0.0315. The maximum absolute atomic E-state index is 13.6. The number of aromatic nitrogens is 2. The Morgan fingerprint density at radius 3 is 2.38 bits per heavy atom. The third-order valence-corrected chi connectivity index (χ3v) is 5.14. The summed E-state index contributed by atoms with van der Waals surface area (Å²) in [4.78, 5) is 7.91. The first-order valence-corrected chi connectivity index (χ1v) is 10.3. The standard InChI is InChI=1S/C23H23F3N4O2/c1-31-17-11-9-15(10-12-17)29-22-27-14-20(23(24,25)26)21(30-22)28-16-5-4-8-19(13-16)32-18-6-2-3-7-18/h4-5,8-14,18H,2-3,6-7H2,1H3,(H2,27,28,29,30). The number of alkyl halides is 3. The van der Waals surface area contributed by atoms with E-state index in [0.29, 0.717) is 22.9 Å². The van der Waals surface area contributed by atoms with Crippen molar-refractivity contribution in [1.29, 1.82) is 0 Å². The number of hydrogen-bond acceptors (Lipinski definition) is 6. The number of methoxy groups -OCH3 is 1. The Bertz CT molecular complexity index is 1050. The van der Waals surface area contributed by atoms with Gasteiger partial charge in [-0.25, -0.2) is 4.98 Å². The summed E-state index contributed by atoms with van der Waals surface area (Å²) in [7, 11) is 1.55. The molecule has 2 aromatic carbocycles. The molecule has 1 fully saturated rings. The minimum atomic E-state index is -4.61. The highest BCUT2D eigenvalue weighted by Crippen LogP contribution is 2.36. The topological polar surface area (TPSA) is 68.3 Å². The van der Waals surface area contributed by atoms with E-state index >= 15 is 0 Å². The quantitative estimate of drug-likeness (QED) is 0.445. The van der Waals surface area contributed by atoms with Crippen molar-refractivity contribution >= 4 is 23.1 Å². The zero-order valence-corrected chi connectivity index (χ0v) is 17.4. The molecule has 0 bridgehead atoms. The van der Waals surface area contributed by atoms with Crippen molar-refractivity contribution in [2.24, 2.45) is 0 Å². The van der Waals surface area contributed by atoms with Crippen LogP contribution >= 0.6 is 0 Å². The van der Waals surface area contributed by atoms with E-state index in [9.17, 15) is 13.2 Å². The Morgan fingerprint density at radius 1 is 0.938 bits per heavy atom. The van der Waals surface area contributed by atoms with Crippen LogP contribution in [-0.4, -0.2) is 23.2 Å². The van der Waals surface area contributed by atoms with Crippen molar-refractivity contribution in [3.63, 3.8) is 0 Å². The maximum Gasteiger partial charge on any atom is 0.421 e. The second kappa shape index (κ2) is 9.33. The van der Waals surface area contributed by atoms with Crippen LogP contribution in [0, 0.1) is 0 Å². The zero-order valence-electron chi connectivity index (χ0n) is 17.4. The van der Waals surface area contributed by atoms with Gasteiger partial charge in [-0.15, -0.1) is 0 Å². The average Bonchev–Trinajstić information content (AvgIpc) is 3.27. The molecule has 4 rings (SSSR count). The molecule has 0 unspecified atom stereocenters. The fourth-order valence-electron chi connectivity index (χ4n) is 3.53. The van der Waals surface area contributed by atoms with E-state index in [4.69, 9.17) is 9.47 Å². The average molecular weight is 444 g/mol. The molecule has 1 aliphatic rings. The molecule has 0 spiro atoms. The Labute approximate surface area is 183 Å². The number of halogens is 3. The zero-order chi connectivity index (χ0) is 22.6. The van der Waals surface area contributed by atoms with Crippen molar-refractivity contribution in [3.05, 3.63) is 60.3 Å². The summed E-state index contributed by atoms with van der Waals surface area (Å²) in [6.45, 7) is 0. The lowest BCUT2D eigenvalue weighted by Gasteiger charge is -2.17. The molecule has 1 saturated carbocycles. The molecule has 0 radical (unpaired) electrons. The Kier molecular flexibility index (Phi) is 6.34. The smallest absolute Gasteiger partial charge is 0.421 e. The molecule has 3 aromatic rings. The first-order chi connectivity index (χ1) is 15.4. The lowest BCUT2D eigenvalue weighted by Crippen LogP contribution is -2.13. The summed E-state index contributed by atoms with van der Waals surface area (Å²) in [5, 5.41) is 5.69. The summed E-state index contributed by atoms with van der Waals surface area (Å²) >= 11 is 0. The Balaban J connectivity index is 1.57. The molecular formula is C23H23F3N4O2. The molecule has 6 nitrogen and oxygen atoms in total. The number of benzene rings is 2. The van der Waals surface area contributed by atoms with Gasteiger partial charge in [0.05, 0.1) is 13.2 Å². The summed E-state index contributed by atoms with van der Waals surface area (Å²) < 4.78 is 51.8. The van der Waals surface area contributed by atoms with E-state index in [1.165, 1.54) is 0 Å². The monoisotopic (exact) mass is 444 g/mol. The largest absolute Gasteiger partial charge is 0.497 e. The van der Waals surface area contributed by atoms with Crippen molar-refractivity contribution in [2.75, 3.05) is 17.7 Å². The number of nitrogens with zero attached hydrogens (tertiary/aromatic N) is 2. The highest BCUT2D eigenvalue weighted by molar-refractivity contribution is 5.64. The number of rotatable bonds is 7. The predicted molar refractivity (Wildman–Crippen MR) is 116 cm³/mol. The minimum Gasteiger partial charge on any atom is -0.497 e. The van der Waals surface area contributed by atoms with Crippen LogP contribution in [0.3, 0.4) is 0 Å². The number of ether oxygens (including phenoxy) is 2. The third-order valence-electron chi connectivity index (χ3n) is 5.14. The van der Waals surface area contributed by atoms with E-state index in [-0.39, 0.29) is 17.9 Å². The highest BCUT2D eigenvalue weighted by Gasteiger charge is 2.35. The van der Waals surface area contributed by atoms with Crippen LogP contribution < -0.4 is 20.1 Å². The molecule has 1 aromatic heterocycles. The van der Waals surface area contributed by atoms with E-state index in [1.807, 2.05) is 0 Å². The molecule has 9 heteroatoms. The third kappa shape index (κ3) is 5.40. The first kappa shape index (κ1) is 21.7. The number of anilines is 4. The van der Waals surface area contributed by atoms with Crippen molar-refractivity contribution < 1.29 is 22.6 Å². The lowest BCUT2D eigenvalue weighted by molar-refractivity contribution is -0.137. The van der Waals surface area contributed by atoms with Gasteiger partial charge in [0.1, 0.15) is 22.9 Å². The lowest BCUT2D eigenvalue weighted by atomic mass is 10.2. The molecule has 0 atom stereocenters. The maximum atomic E-state index is 13.6. The molecule has 32 heavy (non-hydrogen) atoms. The van der Waals surface area contributed by atoms with Crippen LogP contribution in [0.4, 0.5) is 36.3 Å². The van der Waals surface area contributed by atoms with E-state index in [1.54, 1.807) is 55.6 Å². The van der Waals surface area contributed by atoms with Crippen LogP contribution in [0.5, 0.6) is 11.5 Å². The number of hydrogen-bond donors (Lipinski definition) is 2. The van der Waals surface area contributed by atoms with Crippen LogP contribution in [-0.2, 0) is 6.18 Å². The summed E-state index contributed by atoms with van der Waals surface area (Å²) in [6.07, 6.45) is 0.532. The van der Waals surface area contributed by atoms with Gasteiger partial charge in [-0.2, -0.15) is 18.2 Å². The highest BCUT2D eigenvalue weighted by atomic mass is 19.4. The van der Waals surface area contributed by atoms with Gasteiger partial charge >= 0.3 is 6.18 Å². The second-order valence-electron chi connectivity index (χ2n) is 7.48. The van der Waals surface area contributed by atoms with Gasteiger partial charge in [-0.3, -0.25) is 0 Å². The molecular weight excluding hydrogens is 421 g/mol. The van der Waals surface area contributed by atoms with Gasteiger partial charge in [0.15, 0.2) is 0 Å². The fourth-order valence-corrected chi connectivity index (χ4v) is 3.53. The van der Waals surface area contributed by atoms with Crippen molar-refractivity contribution in [2.45, 2.75) is 38.0 Å². The van der Waals surface area contributed by atoms with Crippen LogP contribution in [0.25, 0.3) is 0 Å². The van der Waals surface area contributed by atoms with Crippen LogP contribution in [0.15, 0.2) is 54.7 Å². The van der Waals surface area contributed by atoms with Crippen molar-refractivity contribution in [1.82, 2.24) is 9.97 Å². The Morgan fingerprint density at radius 2 is 1.69 bits per heavy atom. The van der Waals surface area contributed by atoms with Gasteiger partial charge in [-0.1, -0.05) is 6.07 Å².